The smallest absolute Gasteiger partial charge is 0.261 e. The highest BCUT2D eigenvalue weighted by molar-refractivity contribution is 7.92. The first-order valence-electron chi connectivity index (χ1n) is 11.9. The van der Waals surface area contributed by atoms with E-state index in [-0.39, 0.29) is 22.6 Å². The molecule has 0 spiro atoms. The third-order valence-corrected chi connectivity index (χ3v) is 7.38. The van der Waals surface area contributed by atoms with Crippen LogP contribution in [0.25, 0.3) is 0 Å². The standard InChI is InChI=1S/C26H35N3O4S/c1-18(2)16-27-25(30)22-8-6-14-29(17-22)26(31)21-7-5-9-23(15-21)28-34(32,33)24-12-10-20(11-13-24)19(3)4/h5,7,9-13,15,18-19,22,28H,6,8,14,16-17H2,1-4H3,(H,27,30)/t22-/m0/s1. The monoisotopic (exact) mass is 485 g/mol. The van der Waals surface area contributed by atoms with Gasteiger partial charge in [-0.2, -0.15) is 0 Å². The molecule has 0 saturated carbocycles. The van der Waals surface area contributed by atoms with Crippen molar-refractivity contribution in [3.05, 3.63) is 59.7 Å². The van der Waals surface area contributed by atoms with Crippen LogP contribution < -0.4 is 10.0 Å². The molecule has 2 aromatic rings. The molecule has 2 aromatic carbocycles. The second-order valence-electron chi connectivity index (χ2n) is 9.64. The summed E-state index contributed by atoms with van der Waals surface area (Å²) in [4.78, 5) is 27.5. The SMILES string of the molecule is CC(C)CNC(=O)[C@H]1CCCN(C(=O)c2cccc(NS(=O)(=O)c3ccc(C(C)C)cc3)c2)C1. The van der Waals surface area contributed by atoms with Crippen molar-refractivity contribution < 1.29 is 18.0 Å². The highest BCUT2D eigenvalue weighted by atomic mass is 32.2. The number of nitrogens with zero attached hydrogens (tertiary/aromatic N) is 1. The first kappa shape index (κ1) is 25.7. The Morgan fingerprint density at radius 3 is 2.41 bits per heavy atom. The van der Waals surface area contributed by atoms with Crippen LogP contribution in [-0.4, -0.2) is 44.8 Å². The Labute approximate surface area is 203 Å². The molecule has 34 heavy (non-hydrogen) atoms. The molecule has 0 unspecified atom stereocenters. The molecule has 3 rings (SSSR count). The van der Waals surface area contributed by atoms with Gasteiger partial charge < -0.3 is 10.2 Å². The summed E-state index contributed by atoms with van der Waals surface area (Å²) in [6.07, 6.45) is 1.51. The van der Waals surface area contributed by atoms with Crippen molar-refractivity contribution in [1.82, 2.24) is 10.2 Å². The lowest BCUT2D eigenvalue weighted by molar-refractivity contribution is -0.126. The number of sulfonamides is 1. The van der Waals surface area contributed by atoms with E-state index < -0.39 is 10.0 Å². The maximum Gasteiger partial charge on any atom is 0.261 e. The Morgan fingerprint density at radius 1 is 1.06 bits per heavy atom. The molecule has 0 radical (unpaired) electrons. The number of hydrogen-bond acceptors (Lipinski definition) is 4. The maximum absolute atomic E-state index is 13.1. The van der Waals surface area contributed by atoms with Gasteiger partial charge in [0.2, 0.25) is 5.91 Å². The number of amides is 2. The Kier molecular flexibility index (Phi) is 8.36. The average molecular weight is 486 g/mol. The number of piperidine rings is 1. The zero-order valence-corrected chi connectivity index (χ0v) is 21.2. The number of nitrogens with one attached hydrogen (secondary N) is 2. The summed E-state index contributed by atoms with van der Waals surface area (Å²) >= 11 is 0. The molecular weight excluding hydrogens is 450 g/mol. The highest BCUT2D eigenvalue weighted by Crippen LogP contribution is 2.23. The van der Waals surface area contributed by atoms with Crippen LogP contribution in [0.1, 0.15) is 62.4 Å². The van der Waals surface area contributed by atoms with Crippen LogP contribution >= 0.6 is 0 Å². The second kappa shape index (κ2) is 11.0. The van der Waals surface area contributed by atoms with Crippen LogP contribution in [0, 0.1) is 11.8 Å². The molecule has 0 bridgehead atoms. The lowest BCUT2D eigenvalue weighted by Gasteiger charge is -2.32. The zero-order valence-electron chi connectivity index (χ0n) is 20.4. The van der Waals surface area contributed by atoms with E-state index in [1.165, 1.54) is 0 Å². The van der Waals surface area contributed by atoms with E-state index in [1.54, 1.807) is 41.3 Å². The van der Waals surface area contributed by atoms with Gasteiger partial charge in [-0.15, -0.1) is 0 Å². The molecule has 1 fully saturated rings. The average Bonchev–Trinajstić information content (AvgIpc) is 2.82. The molecule has 2 amide bonds. The van der Waals surface area contributed by atoms with E-state index in [4.69, 9.17) is 0 Å². The Balaban J connectivity index is 1.69. The van der Waals surface area contributed by atoms with Crippen LogP contribution in [0.5, 0.6) is 0 Å². The topological polar surface area (TPSA) is 95.6 Å². The number of rotatable bonds is 8. The number of carbonyl (C=O) groups is 2. The van der Waals surface area contributed by atoms with Gasteiger partial charge in [0, 0.05) is 30.9 Å². The van der Waals surface area contributed by atoms with Crippen molar-refractivity contribution >= 4 is 27.5 Å². The van der Waals surface area contributed by atoms with Crippen molar-refractivity contribution in [2.75, 3.05) is 24.4 Å². The minimum atomic E-state index is -3.78. The van der Waals surface area contributed by atoms with Gasteiger partial charge in [0.1, 0.15) is 0 Å². The van der Waals surface area contributed by atoms with E-state index in [1.807, 2.05) is 39.8 Å². The summed E-state index contributed by atoms with van der Waals surface area (Å²) in [5, 5.41) is 2.96. The second-order valence-corrected chi connectivity index (χ2v) is 11.3. The van der Waals surface area contributed by atoms with E-state index in [2.05, 4.69) is 10.0 Å². The summed E-state index contributed by atoms with van der Waals surface area (Å²) in [6, 6.07) is 13.3. The van der Waals surface area contributed by atoms with Crippen molar-refractivity contribution in [3.8, 4) is 0 Å². The fourth-order valence-electron chi connectivity index (χ4n) is 3.97. The summed E-state index contributed by atoms with van der Waals surface area (Å²) in [6.45, 7) is 9.73. The largest absolute Gasteiger partial charge is 0.356 e. The summed E-state index contributed by atoms with van der Waals surface area (Å²) in [5.74, 6) is 0.222. The number of carbonyl (C=O) groups excluding carboxylic acids is 2. The normalized spacial score (nSPS) is 16.5. The van der Waals surface area contributed by atoms with Crippen LogP contribution in [-0.2, 0) is 14.8 Å². The molecular formula is C26H35N3O4S. The molecule has 7 nitrogen and oxygen atoms in total. The fraction of sp³-hybridized carbons (Fsp3) is 0.462. The predicted octanol–water partition coefficient (Wildman–Crippen LogP) is 4.24. The molecule has 8 heteroatoms. The molecule has 1 aliphatic rings. The van der Waals surface area contributed by atoms with Gasteiger partial charge in [-0.05, 0) is 60.6 Å². The quantitative estimate of drug-likeness (QED) is 0.585. The first-order chi connectivity index (χ1) is 16.1. The van der Waals surface area contributed by atoms with Gasteiger partial charge in [-0.1, -0.05) is 45.9 Å². The highest BCUT2D eigenvalue weighted by Gasteiger charge is 2.29. The van der Waals surface area contributed by atoms with E-state index in [9.17, 15) is 18.0 Å². The van der Waals surface area contributed by atoms with Crippen molar-refractivity contribution in [2.24, 2.45) is 11.8 Å². The van der Waals surface area contributed by atoms with Crippen LogP contribution in [0.15, 0.2) is 53.4 Å². The van der Waals surface area contributed by atoms with Crippen molar-refractivity contribution in [2.45, 2.75) is 51.3 Å². The van der Waals surface area contributed by atoms with Gasteiger partial charge in [-0.25, -0.2) is 8.42 Å². The van der Waals surface area contributed by atoms with Gasteiger partial charge in [-0.3, -0.25) is 14.3 Å². The van der Waals surface area contributed by atoms with Gasteiger partial charge in [0.05, 0.1) is 10.8 Å². The molecule has 0 aromatic heterocycles. The minimum Gasteiger partial charge on any atom is -0.356 e. The van der Waals surface area contributed by atoms with Gasteiger partial charge >= 0.3 is 0 Å². The molecule has 0 aliphatic carbocycles. The summed E-state index contributed by atoms with van der Waals surface area (Å²) in [7, 11) is -3.78. The number of benzene rings is 2. The van der Waals surface area contributed by atoms with Crippen molar-refractivity contribution in [1.29, 1.82) is 0 Å². The molecule has 1 aliphatic heterocycles. The third-order valence-electron chi connectivity index (χ3n) is 5.98. The summed E-state index contributed by atoms with van der Waals surface area (Å²) < 4.78 is 28.3. The van der Waals surface area contributed by atoms with E-state index in [0.717, 1.165) is 18.4 Å². The molecule has 184 valence electrons. The first-order valence-corrected chi connectivity index (χ1v) is 13.3. The number of hydrogen-bond donors (Lipinski definition) is 2. The minimum absolute atomic E-state index is 0.0174. The van der Waals surface area contributed by atoms with Crippen molar-refractivity contribution in [3.63, 3.8) is 0 Å². The van der Waals surface area contributed by atoms with Crippen LogP contribution in [0.2, 0.25) is 0 Å². The molecule has 1 atom stereocenters. The van der Waals surface area contributed by atoms with E-state index in [0.29, 0.717) is 42.7 Å². The van der Waals surface area contributed by atoms with Gasteiger partial charge in [0.25, 0.3) is 15.9 Å². The van der Waals surface area contributed by atoms with E-state index >= 15 is 0 Å². The number of likely N-dealkylation sites (tertiary alicyclic amines) is 1. The lowest BCUT2D eigenvalue weighted by atomic mass is 9.96. The third kappa shape index (κ3) is 6.59. The van der Waals surface area contributed by atoms with Crippen LogP contribution in [0.4, 0.5) is 5.69 Å². The predicted molar refractivity (Wildman–Crippen MR) is 134 cm³/mol. The molecule has 1 heterocycles. The maximum atomic E-state index is 13.1. The zero-order chi connectivity index (χ0) is 24.9. The fourth-order valence-corrected chi connectivity index (χ4v) is 5.02. The van der Waals surface area contributed by atoms with Crippen LogP contribution in [0.3, 0.4) is 0 Å². The van der Waals surface area contributed by atoms with Gasteiger partial charge in [0.15, 0.2) is 0 Å². The molecule has 1 saturated heterocycles. The number of anilines is 1. The Morgan fingerprint density at radius 2 is 1.76 bits per heavy atom. The Bertz CT molecular complexity index is 1110. The lowest BCUT2D eigenvalue weighted by Crippen LogP contribution is -2.46. The Hall–Kier alpha value is -2.87. The summed E-state index contributed by atoms with van der Waals surface area (Å²) in [5.41, 5.74) is 1.77. The molecule has 2 N–H and O–H groups in total.